The molecule has 0 aliphatic carbocycles. The number of rotatable bonds is 4. The maximum atomic E-state index is 12.8. The van der Waals surface area contributed by atoms with Gasteiger partial charge in [-0.05, 0) is 37.1 Å². The minimum atomic E-state index is -0.856. The summed E-state index contributed by atoms with van der Waals surface area (Å²) in [6.45, 7) is 0.553. The summed E-state index contributed by atoms with van der Waals surface area (Å²) >= 11 is 0. The summed E-state index contributed by atoms with van der Waals surface area (Å²) < 4.78 is 25.4. The van der Waals surface area contributed by atoms with Gasteiger partial charge < -0.3 is 11.5 Å². The average molecular weight is 237 g/mol. The quantitative estimate of drug-likeness (QED) is 0.842. The summed E-state index contributed by atoms with van der Waals surface area (Å²) in [4.78, 5) is 0. The predicted octanol–water partition coefficient (Wildman–Crippen LogP) is 2.13. The number of hydrogen-bond donors (Lipinski definition) is 2. The smallest absolute Gasteiger partial charge is 0.159 e. The van der Waals surface area contributed by atoms with Crippen molar-refractivity contribution in [3.63, 3.8) is 0 Å². The van der Waals surface area contributed by atoms with Gasteiger partial charge in [0.15, 0.2) is 11.6 Å². The Hall–Kier alpha value is -0.710. The number of halogens is 3. The Kier molecular flexibility index (Phi) is 6.40. The molecule has 0 aliphatic heterocycles. The van der Waals surface area contributed by atoms with Gasteiger partial charge in [0.2, 0.25) is 0 Å². The van der Waals surface area contributed by atoms with E-state index in [-0.39, 0.29) is 18.4 Å². The van der Waals surface area contributed by atoms with E-state index in [9.17, 15) is 8.78 Å². The second-order valence-corrected chi connectivity index (χ2v) is 3.21. The molecule has 0 saturated carbocycles. The SMILES string of the molecule is Cl.NCCC[C@H](N)c1ccc(F)c(F)c1. The molecule has 1 atom stereocenters. The Morgan fingerprint density at radius 3 is 2.40 bits per heavy atom. The first kappa shape index (κ1) is 14.3. The third kappa shape index (κ3) is 4.11. The Morgan fingerprint density at radius 2 is 1.87 bits per heavy atom. The summed E-state index contributed by atoms with van der Waals surface area (Å²) in [5, 5.41) is 0. The molecule has 86 valence electrons. The second-order valence-electron chi connectivity index (χ2n) is 3.21. The molecule has 0 aliphatic rings. The molecular formula is C10H15ClF2N2. The lowest BCUT2D eigenvalue weighted by Crippen LogP contribution is -2.12. The molecule has 2 nitrogen and oxygen atoms in total. The molecule has 0 aromatic heterocycles. The van der Waals surface area contributed by atoms with E-state index in [1.54, 1.807) is 0 Å². The van der Waals surface area contributed by atoms with Crippen LogP contribution in [0.2, 0.25) is 0 Å². The molecule has 0 spiro atoms. The van der Waals surface area contributed by atoms with Crippen molar-refractivity contribution in [1.29, 1.82) is 0 Å². The first-order chi connectivity index (χ1) is 6.65. The molecule has 0 amide bonds. The lowest BCUT2D eigenvalue weighted by molar-refractivity contribution is 0.503. The number of hydrogen-bond acceptors (Lipinski definition) is 2. The predicted molar refractivity (Wildman–Crippen MR) is 58.8 cm³/mol. The topological polar surface area (TPSA) is 52.0 Å². The molecule has 4 N–H and O–H groups in total. The molecule has 0 bridgehead atoms. The molecule has 0 radical (unpaired) electrons. The summed E-state index contributed by atoms with van der Waals surface area (Å²) in [6, 6.07) is 3.46. The van der Waals surface area contributed by atoms with Gasteiger partial charge in [0.25, 0.3) is 0 Å². The van der Waals surface area contributed by atoms with E-state index in [4.69, 9.17) is 11.5 Å². The molecule has 0 saturated heterocycles. The molecule has 1 aromatic rings. The van der Waals surface area contributed by atoms with Crippen molar-refractivity contribution >= 4 is 12.4 Å². The van der Waals surface area contributed by atoms with Crippen LogP contribution in [0.3, 0.4) is 0 Å². The zero-order chi connectivity index (χ0) is 10.6. The lowest BCUT2D eigenvalue weighted by Gasteiger charge is -2.11. The normalized spacial score (nSPS) is 12.0. The highest BCUT2D eigenvalue weighted by Crippen LogP contribution is 2.17. The van der Waals surface area contributed by atoms with Crippen molar-refractivity contribution in [2.75, 3.05) is 6.54 Å². The molecule has 1 rings (SSSR count). The van der Waals surface area contributed by atoms with Crippen molar-refractivity contribution in [3.05, 3.63) is 35.4 Å². The highest BCUT2D eigenvalue weighted by Gasteiger charge is 2.08. The van der Waals surface area contributed by atoms with Gasteiger partial charge in [0.05, 0.1) is 0 Å². The largest absolute Gasteiger partial charge is 0.330 e. The van der Waals surface area contributed by atoms with Crippen LogP contribution in [0.5, 0.6) is 0 Å². The van der Waals surface area contributed by atoms with Crippen molar-refractivity contribution < 1.29 is 8.78 Å². The van der Waals surface area contributed by atoms with Crippen LogP contribution in [0.4, 0.5) is 8.78 Å². The highest BCUT2D eigenvalue weighted by molar-refractivity contribution is 5.85. The summed E-state index contributed by atoms with van der Waals surface area (Å²) in [5.74, 6) is -1.70. The van der Waals surface area contributed by atoms with Gasteiger partial charge in [-0.1, -0.05) is 6.07 Å². The van der Waals surface area contributed by atoms with Gasteiger partial charge in [-0.2, -0.15) is 0 Å². The van der Waals surface area contributed by atoms with Crippen molar-refractivity contribution in [2.24, 2.45) is 11.5 Å². The van der Waals surface area contributed by atoms with Crippen molar-refractivity contribution in [3.8, 4) is 0 Å². The van der Waals surface area contributed by atoms with Crippen LogP contribution in [-0.4, -0.2) is 6.54 Å². The van der Waals surface area contributed by atoms with Crippen LogP contribution in [0.15, 0.2) is 18.2 Å². The minimum Gasteiger partial charge on any atom is -0.330 e. The fraction of sp³-hybridized carbons (Fsp3) is 0.400. The molecule has 1 aromatic carbocycles. The molecular weight excluding hydrogens is 222 g/mol. The minimum absolute atomic E-state index is 0. The molecule has 0 fully saturated rings. The van der Waals surface area contributed by atoms with Gasteiger partial charge in [0, 0.05) is 6.04 Å². The van der Waals surface area contributed by atoms with Gasteiger partial charge in [-0.15, -0.1) is 12.4 Å². The van der Waals surface area contributed by atoms with E-state index < -0.39 is 11.6 Å². The van der Waals surface area contributed by atoms with Crippen molar-refractivity contribution in [2.45, 2.75) is 18.9 Å². The van der Waals surface area contributed by atoms with E-state index in [1.807, 2.05) is 0 Å². The van der Waals surface area contributed by atoms with Crippen LogP contribution in [-0.2, 0) is 0 Å². The zero-order valence-electron chi connectivity index (χ0n) is 8.25. The Labute approximate surface area is 94.1 Å². The lowest BCUT2D eigenvalue weighted by atomic mass is 10.0. The summed E-state index contributed by atoms with van der Waals surface area (Å²) in [6.07, 6.45) is 1.46. The standard InChI is InChI=1S/C10H14F2N2.ClH/c11-8-4-3-7(6-9(8)12)10(14)2-1-5-13;/h3-4,6,10H,1-2,5,13-14H2;1H/t10-;/m0./s1. The molecule has 0 unspecified atom stereocenters. The second kappa shape index (κ2) is 6.71. The third-order valence-corrected chi connectivity index (χ3v) is 2.09. The molecule has 15 heavy (non-hydrogen) atoms. The summed E-state index contributed by atoms with van der Waals surface area (Å²) in [7, 11) is 0. The van der Waals surface area contributed by atoms with Crippen LogP contribution < -0.4 is 11.5 Å². The third-order valence-electron chi connectivity index (χ3n) is 2.09. The Balaban J connectivity index is 0.00000196. The zero-order valence-corrected chi connectivity index (χ0v) is 9.07. The van der Waals surface area contributed by atoms with E-state index in [0.29, 0.717) is 18.5 Å². The van der Waals surface area contributed by atoms with E-state index >= 15 is 0 Å². The van der Waals surface area contributed by atoms with E-state index in [0.717, 1.165) is 18.6 Å². The maximum Gasteiger partial charge on any atom is 0.159 e. The number of nitrogens with two attached hydrogens (primary N) is 2. The number of benzene rings is 1. The van der Waals surface area contributed by atoms with E-state index in [2.05, 4.69) is 0 Å². The molecule has 0 heterocycles. The van der Waals surface area contributed by atoms with Gasteiger partial charge in [-0.3, -0.25) is 0 Å². The van der Waals surface area contributed by atoms with Gasteiger partial charge in [-0.25, -0.2) is 8.78 Å². The van der Waals surface area contributed by atoms with Crippen LogP contribution >= 0.6 is 12.4 Å². The Morgan fingerprint density at radius 1 is 1.20 bits per heavy atom. The van der Waals surface area contributed by atoms with Crippen LogP contribution in [0.25, 0.3) is 0 Å². The highest BCUT2D eigenvalue weighted by atomic mass is 35.5. The summed E-state index contributed by atoms with van der Waals surface area (Å²) in [5.41, 5.74) is 11.7. The maximum absolute atomic E-state index is 12.8. The first-order valence-corrected chi connectivity index (χ1v) is 4.55. The van der Waals surface area contributed by atoms with Gasteiger partial charge >= 0.3 is 0 Å². The van der Waals surface area contributed by atoms with Crippen molar-refractivity contribution in [1.82, 2.24) is 0 Å². The fourth-order valence-electron chi connectivity index (χ4n) is 1.25. The fourth-order valence-corrected chi connectivity index (χ4v) is 1.25. The average Bonchev–Trinajstić information content (AvgIpc) is 2.18. The van der Waals surface area contributed by atoms with Crippen LogP contribution in [0.1, 0.15) is 24.4 Å². The first-order valence-electron chi connectivity index (χ1n) is 4.55. The molecule has 5 heteroatoms. The van der Waals surface area contributed by atoms with Crippen LogP contribution in [0, 0.1) is 11.6 Å². The monoisotopic (exact) mass is 236 g/mol. The van der Waals surface area contributed by atoms with Gasteiger partial charge in [0.1, 0.15) is 0 Å². The Bertz CT molecular complexity index is 307. The van der Waals surface area contributed by atoms with E-state index in [1.165, 1.54) is 6.07 Å².